The van der Waals surface area contributed by atoms with Crippen molar-refractivity contribution >= 4 is 5.91 Å². The van der Waals surface area contributed by atoms with Crippen LogP contribution in [-0.4, -0.2) is 47.8 Å². The molecule has 1 unspecified atom stereocenters. The fourth-order valence-electron chi connectivity index (χ4n) is 2.93. The molecule has 6 heteroatoms. The molecule has 22 heavy (non-hydrogen) atoms. The standard InChI is InChI=1S/C16H21N3O3/c1-21-10-12-3-2-6-19(7-4-12)16(20)15-9-14(17-18-15)13-5-8-22-11-13/h5,8-9,11-12H,2-4,6-7,10H2,1H3,(H,17,18). The Balaban J connectivity index is 1.66. The van der Waals surface area contributed by atoms with Gasteiger partial charge in [0.25, 0.3) is 5.91 Å². The Kier molecular flexibility index (Phi) is 4.58. The lowest BCUT2D eigenvalue weighted by Crippen LogP contribution is -2.32. The molecule has 1 aliphatic heterocycles. The molecule has 6 nitrogen and oxygen atoms in total. The normalized spacial score (nSPS) is 19.1. The van der Waals surface area contributed by atoms with Crippen LogP contribution in [0, 0.1) is 5.92 Å². The summed E-state index contributed by atoms with van der Waals surface area (Å²) in [6.07, 6.45) is 6.33. The van der Waals surface area contributed by atoms with Gasteiger partial charge in [-0.2, -0.15) is 5.10 Å². The second-order valence-corrected chi connectivity index (χ2v) is 5.72. The molecule has 2 aromatic rings. The third-order valence-corrected chi connectivity index (χ3v) is 4.16. The molecule has 0 aromatic carbocycles. The summed E-state index contributed by atoms with van der Waals surface area (Å²) in [6, 6.07) is 3.61. The minimum Gasteiger partial charge on any atom is -0.472 e. The molecule has 1 amide bonds. The Morgan fingerprint density at radius 1 is 1.50 bits per heavy atom. The highest BCUT2D eigenvalue weighted by atomic mass is 16.5. The van der Waals surface area contributed by atoms with Crippen LogP contribution in [0.1, 0.15) is 29.8 Å². The van der Waals surface area contributed by atoms with Gasteiger partial charge in [-0.1, -0.05) is 0 Å². The van der Waals surface area contributed by atoms with Gasteiger partial charge in [-0.3, -0.25) is 9.89 Å². The van der Waals surface area contributed by atoms with Crippen molar-refractivity contribution in [2.45, 2.75) is 19.3 Å². The highest BCUT2D eigenvalue weighted by molar-refractivity contribution is 5.93. The molecule has 1 atom stereocenters. The summed E-state index contributed by atoms with van der Waals surface area (Å²) in [6.45, 7) is 2.34. The van der Waals surface area contributed by atoms with Crippen LogP contribution in [-0.2, 0) is 4.74 Å². The van der Waals surface area contributed by atoms with E-state index in [4.69, 9.17) is 9.15 Å². The topological polar surface area (TPSA) is 71.4 Å². The molecule has 118 valence electrons. The zero-order valence-electron chi connectivity index (χ0n) is 12.7. The number of ether oxygens (including phenoxy) is 1. The van der Waals surface area contributed by atoms with Gasteiger partial charge in [-0.25, -0.2) is 0 Å². The summed E-state index contributed by atoms with van der Waals surface area (Å²) < 4.78 is 10.3. The summed E-state index contributed by atoms with van der Waals surface area (Å²) in [5.41, 5.74) is 2.12. The average molecular weight is 303 g/mol. The summed E-state index contributed by atoms with van der Waals surface area (Å²) in [5, 5.41) is 7.03. The quantitative estimate of drug-likeness (QED) is 0.942. The number of aromatic nitrogens is 2. The first-order valence-electron chi connectivity index (χ1n) is 7.64. The van der Waals surface area contributed by atoms with Crippen molar-refractivity contribution in [1.29, 1.82) is 0 Å². The van der Waals surface area contributed by atoms with Crippen molar-refractivity contribution in [3.63, 3.8) is 0 Å². The van der Waals surface area contributed by atoms with Gasteiger partial charge in [-0.15, -0.1) is 0 Å². The first kappa shape index (κ1) is 14.8. The van der Waals surface area contributed by atoms with E-state index in [-0.39, 0.29) is 5.91 Å². The van der Waals surface area contributed by atoms with Crippen LogP contribution in [0.4, 0.5) is 0 Å². The highest BCUT2D eigenvalue weighted by Crippen LogP contribution is 2.21. The number of rotatable bonds is 4. The molecule has 1 aliphatic rings. The summed E-state index contributed by atoms with van der Waals surface area (Å²) in [4.78, 5) is 14.5. The van der Waals surface area contributed by atoms with Crippen LogP contribution >= 0.6 is 0 Å². The number of nitrogens with zero attached hydrogens (tertiary/aromatic N) is 2. The maximum atomic E-state index is 12.6. The van der Waals surface area contributed by atoms with Crippen molar-refractivity contribution in [2.24, 2.45) is 5.92 Å². The molecule has 0 radical (unpaired) electrons. The Bertz CT molecular complexity index is 606. The maximum Gasteiger partial charge on any atom is 0.271 e. The molecular weight excluding hydrogens is 282 g/mol. The lowest BCUT2D eigenvalue weighted by molar-refractivity contribution is 0.0749. The minimum atomic E-state index is 0.0142. The third-order valence-electron chi connectivity index (χ3n) is 4.16. The molecule has 0 bridgehead atoms. The molecule has 1 fully saturated rings. The van der Waals surface area contributed by atoms with Crippen LogP contribution < -0.4 is 0 Å². The SMILES string of the molecule is COCC1CCCN(C(=O)c2cc(-c3ccoc3)n[nH]2)CC1. The average Bonchev–Trinajstić information content (AvgIpc) is 3.16. The van der Waals surface area contributed by atoms with Crippen molar-refractivity contribution in [3.8, 4) is 11.3 Å². The van der Waals surface area contributed by atoms with Gasteiger partial charge in [0.05, 0.1) is 18.2 Å². The van der Waals surface area contributed by atoms with Gasteiger partial charge in [0, 0.05) is 32.4 Å². The molecule has 2 aromatic heterocycles. The van der Waals surface area contributed by atoms with Gasteiger partial charge in [-0.05, 0) is 37.3 Å². The maximum absolute atomic E-state index is 12.6. The molecule has 0 saturated carbocycles. The van der Waals surface area contributed by atoms with Gasteiger partial charge >= 0.3 is 0 Å². The molecule has 3 heterocycles. The number of furan rings is 1. The van der Waals surface area contributed by atoms with E-state index in [2.05, 4.69) is 10.2 Å². The van der Waals surface area contributed by atoms with Crippen LogP contribution in [0.2, 0.25) is 0 Å². The Morgan fingerprint density at radius 2 is 2.41 bits per heavy atom. The zero-order chi connectivity index (χ0) is 15.4. The molecule has 1 N–H and O–H groups in total. The zero-order valence-corrected chi connectivity index (χ0v) is 12.7. The summed E-state index contributed by atoms with van der Waals surface area (Å²) >= 11 is 0. The van der Waals surface area contributed by atoms with E-state index in [0.29, 0.717) is 11.6 Å². The molecular formula is C16H21N3O3. The molecule has 3 rings (SSSR count). The number of hydrogen-bond acceptors (Lipinski definition) is 4. The van der Waals surface area contributed by atoms with Gasteiger partial charge in [0.1, 0.15) is 5.69 Å². The number of methoxy groups -OCH3 is 1. The monoisotopic (exact) mass is 303 g/mol. The highest BCUT2D eigenvalue weighted by Gasteiger charge is 2.23. The number of carbonyl (C=O) groups is 1. The number of likely N-dealkylation sites (tertiary alicyclic amines) is 1. The van der Waals surface area contributed by atoms with Crippen LogP contribution in [0.15, 0.2) is 29.1 Å². The number of aromatic amines is 1. The van der Waals surface area contributed by atoms with Crippen molar-refractivity contribution < 1.29 is 13.9 Å². The number of hydrogen-bond donors (Lipinski definition) is 1. The van der Waals surface area contributed by atoms with E-state index in [1.807, 2.05) is 11.0 Å². The van der Waals surface area contributed by atoms with E-state index in [1.165, 1.54) is 0 Å². The molecule has 1 saturated heterocycles. The van der Waals surface area contributed by atoms with Crippen LogP contribution in [0.5, 0.6) is 0 Å². The predicted molar refractivity (Wildman–Crippen MR) is 81.4 cm³/mol. The van der Waals surface area contributed by atoms with E-state index in [9.17, 15) is 4.79 Å². The second kappa shape index (κ2) is 6.79. The first-order valence-corrected chi connectivity index (χ1v) is 7.64. The van der Waals surface area contributed by atoms with Crippen LogP contribution in [0.25, 0.3) is 11.3 Å². The first-order chi connectivity index (χ1) is 10.8. The lowest BCUT2D eigenvalue weighted by Gasteiger charge is -2.19. The fourth-order valence-corrected chi connectivity index (χ4v) is 2.93. The Morgan fingerprint density at radius 3 is 3.18 bits per heavy atom. The van der Waals surface area contributed by atoms with E-state index in [1.54, 1.807) is 25.7 Å². The van der Waals surface area contributed by atoms with Gasteiger partial charge in [0.15, 0.2) is 0 Å². The summed E-state index contributed by atoms with van der Waals surface area (Å²) in [5.74, 6) is 0.561. The van der Waals surface area contributed by atoms with Gasteiger partial charge < -0.3 is 14.1 Å². The second-order valence-electron chi connectivity index (χ2n) is 5.72. The number of H-pyrrole nitrogens is 1. The van der Waals surface area contributed by atoms with Crippen LogP contribution in [0.3, 0.4) is 0 Å². The third kappa shape index (κ3) is 3.22. The molecule has 0 spiro atoms. The van der Waals surface area contributed by atoms with Crippen molar-refractivity contribution in [3.05, 3.63) is 30.4 Å². The molecule has 0 aliphatic carbocycles. The smallest absolute Gasteiger partial charge is 0.271 e. The van der Waals surface area contributed by atoms with Crippen molar-refractivity contribution in [2.75, 3.05) is 26.8 Å². The van der Waals surface area contributed by atoms with Gasteiger partial charge in [0.2, 0.25) is 0 Å². The summed E-state index contributed by atoms with van der Waals surface area (Å²) in [7, 11) is 1.73. The number of amides is 1. The van der Waals surface area contributed by atoms with Crippen molar-refractivity contribution in [1.82, 2.24) is 15.1 Å². The number of carbonyl (C=O) groups excluding carboxylic acids is 1. The fraction of sp³-hybridized carbons (Fsp3) is 0.500. The Labute approximate surface area is 129 Å². The minimum absolute atomic E-state index is 0.0142. The van der Waals surface area contributed by atoms with E-state index in [0.717, 1.165) is 50.2 Å². The largest absolute Gasteiger partial charge is 0.472 e. The van der Waals surface area contributed by atoms with E-state index >= 15 is 0 Å². The number of nitrogens with one attached hydrogen (secondary N) is 1. The predicted octanol–water partition coefficient (Wildman–Crippen LogP) is 2.56. The lowest BCUT2D eigenvalue weighted by atomic mass is 10.0. The van der Waals surface area contributed by atoms with E-state index < -0.39 is 0 Å². The Hall–Kier alpha value is -2.08.